The molecule has 0 radical (unpaired) electrons. The van der Waals surface area contributed by atoms with Gasteiger partial charge in [-0.1, -0.05) is 12.2 Å². The minimum Gasteiger partial charge on any atom is -0.507 e. The van der Waals surface area contributed by atoms with Crippen LogP contribution in [-0.2, 0) is 0 Å². The molecule has 0 aromatic heterocycles. The van der Waals surface area contributed by atoms with E-state index in [2.05, 4.69) is 13.2 Å². The van der Waals surface area contributed by atoms with Crippen LogP contribution in [0.1, 0.15) is 17.3 Å². The Hall–Kier alpha value is -2.03. The van der Waals surface area contributed by atoms with Gasteiger partial charge in [-0.25, -0.2) is 0 Å². The van der Waals surface area contributed by atoms with Crippen molar-refractivity contribution in [3.63, 3.8) is 0 Å². The van der Waals surface area contributed by atoms with Gasteiger partial charge in [0.1, 0.15) is 5.75 Å². The van der Waals surface area contributed by atoms with Crippen LogP contribution < -0.4 is 4.90 Å². The molecular weight excluding hydrogens is 214 g/mol. The van der Waals surface area contributed by atoms with E-state index >= 15 is 0 Å². The Bertz CT molecular complexity index is 428. The van der Waals surface area contributed by atoms with Crippen molar-refractivity contribution in [3.8, 4) is 5.75 Å². The van der Waals surface area contributed by atoms with Gasteiger partial charge < -0.3 is 10.0 Å². The molecule has 90 valence electrons. The molecule has 0 amide bonds. The van der Waals surface area contributed by atoms with E-state index in [-0.39, 0.29) is 11.5 Å². The first-order chi connectivity index (χ1) is 8.10. The van der Waals surface area contributed by atoms with E-state index in [9.17, 15) is 9.90 Å². The van der Waals surface area contributed by atoms with Crippen LogP contribution in [0, 0.1) is 0 Å². The number of benzene rings is 1. The molecule has 0 spiro atoms. The van der Waals surface area contributed by atoms with Gasteiger partial charge >= 0.3 is 0 Å². The zero-order chi connectivity index (χ0) is 12.8. The topological polar surface area (TPSA) is 40.5 Å². The number of nitrogens with zero attached hydrogens (tertiary/aromatic N) is 1. The van der Waals surface area contributed by atoms with Crippen LogP contribution >= 0.6 is 0 Å². The molecule has 0 aliphatic rings. The van der Waals surface area contributed by atoms with Crippen LogP contribution in [0.3, 0.4) is 0 Å². The molecule has 0 atom stereocenters. The van der Waals surface area contributed by atoms with E-state index in [4.69, 9.17) is 0 Å². The second kappa shape index (κ2) is 5.89. The van der Waals surface area contributed by atoms with E-state index in [1.165, 1.54) is 6.92 Å². The third-order valence-corrected chi connectivity index (χ3v) is 2.42. The number of anilines is 1. The molecule has 0 saturated carbocycles. The molecule has 0 saturated heterocycles. The molecule has 0 aliphatic carbocycles. The molecule has 0 aliphatic heterocycles. The summed E-state index contributed by atoms with van der Waals surface area (Å²) < 4.78 is 0. The number of carbonyl (C=O) groups is 1. The minimum absolute atomic E-state index is 0.00752. The fourth-order valence-corrected chi connectivity index (χ4v) is 1.61. The van der Waals surface area contributed by atoms with Crippen LogP contribution in [0.2, 0.25) is 0 Å². The monoisotopic (exact) mass is 231 g/mol. The highest BCUT2D eigenvalue weighted by atomic mass is 16.3. The Kier molecular flexibility index (Phi) is 4.52. The van der Waals surface area contributed by atoms with Gasteiger partial charge in [0.25, 0.3) is 0 Å². The predicted molar refractivity (Wildman–Crippen MR) is 70.7 cm³/mol. The normalized spacial score (nSPS) is 9.71. The lowest BCUT2D eigenvalue weighted by Gasteiger charge is -2.22. The number of Topliss-reactive ketones (excluding diaryl/α,β-unsaturated/α-hetero) is 1. The van der Waals surface area contributed by atoms with Crippen LogP contribution in [0.15, 0.2) is 43.5 Å². The van der Waals surface area contributed by atoms with Gasteiger partial charge in [0.15, 0.2) is 5.78 Å². The molecule has 1 N–H and O–H groups in total. The lowest BCUT2D eigenvalue weighted by molar-refractivity contribution is 0.101. The standard InChI is InChI=1S/C14H17NO2/c1-4-8-15(9-5-2)12-6-7-13(11(3)16)14(17)10-12/h4-7,10,17H,1-2,8-9H2,3H3. The first-order valence-electron chi connectivity index (χ1n) is 5.40. The molecule has 1 aromatic carbocycles. The highest BCUT2D eigenvalue weighted by Crippen LogP contribution is 2.25. The van der Waals surface area contributed by atoms with Crippen molar-refractivity contribution in [2.45, 2.75) is 6.92 Å². The molecule has 0 bridgehead atoms. The molecule has 1 aromatic rings. The number of phenols is 1. The lowest BCUT2D eigenvalue weighted by Crippen LogP contribution is -2.23. The van der Waals surface area contributed by atoms with Crippen LogP contribution in [0.25, 0.3) is 0 Å². The maximum atomic E-state index is 11.2. The van der Waals surface area contributed by atoms with Gasteiger partial charge in [0.05, 0.1) is 5.56 Å². The van der Waals surface area contributed by atoms with E-state index in [0.29, 0.717) is 18.7 Å². The van der Waals surface area contributed by atoms with Crippen molar-refractivity contribution in [2.24, 2.45) is 0 Å². The molecule has 1 rings (SSSR count). The molecular formula is C14H17NO2. The SMILES string of the molecule is C=CCN(CC=C)c1ccc(C(C)=O)c(O)c1. The third kappa shape index (κ3) is 3.21. The summed E-state index contributed by atoms with van der Waals surface area (Å²) in [7, 11) is 0. The van der Waals surface area contributed by atoms with Gasteiger partial charge in [0, 0.05) is 24.8 Å². The number of hydrogen-bond acceptors (Lipinski definition) is 3. The number of phenolic OH excluding ortho intramolecular Hbond substituents is 1. The van der Waals surface area contributed by atoms with Crippen molar-refractivity contribution >= 4 is 11.5 Å². The van der Waals surface area contributed by atoms with E-state index in [1.54, 1.807) is 24.3 Å². The van der Waals surface area contributed by atoms with Crippen LogP contribution in [-0.4, -0.2) is 24.0 Å². The Morgan fingerprint density at radius 2 is 1.94 bits per heavy atom. The van der Waals surface area contributed by atoms with E-state index < -0.39 is 0 Å². The third-order valence-electron chi connectivity index (χ3n) is 2.42. The largest absolute Gasteiger partial charge is 0.507 e. The second-order valence-corrected chi connectivity index (χ2v) is 3.74. The van der Waals surface area contributed by atoms with E-state index in [0.717, 1.165) is 5.69 Å². The summed E-state index contributed by atoms with van der Waals surface area (Å²) in [6, 6.07) is 5.03. The van der Waals surface area contributed by atoms with Gasteiger partial charge in [0.2, 0.25) is 0 Å². The molecule has 0 fully saturated rings. The number of hydrogen-bond donors (Lipinski definition) is 1. The van der Waals surface area contributed by atoms with Gasteiger partial charge in [-0.05, 0) is 19.1 Å². The van der Waals surface area contributed by atoms with Crippen LogP contribution in [0.4, 0.5) is 5.69 Å². The summed E-state index contributed by atoms with van der Waals surface area (Å²) in [5, 5.41) is 9.75. The average molecular weight is 231 g/mol. The molecule has 0 heterocycles. The fraction of sp³-hybridized carbons (Fsp3) is 0.214. The highest BCUT2D eigenvalue weighted by molar-refractivity contribution is 5.97. The number of rotatable bonds is 6. The lowest BCUT2D eigenvalue weighted by atomic mass is 10.1. The smallest absolute Gasteiger partial charge is 0.163 e. The number of ketones is 1. The minimum atomic E-state index is -0.145. The van der Waals surface area contributed by atoms with Crippen molar-refractivity contribution in [1.29, 1.82) is 0 Å². The quantitative estimate of drug-likeness (QED) is 0.604. The zero-order valence-corrected chi connectivity index (χ0v) is 10.0. The summed E-state index contributed by atoms with van der Waals surface area (Å²) in [6.07, 6.45) is 3.55. The Balaban J connectivity index is 3.04. The van der Waals surface area contributed by atoms with Crippen LogP contribution in [0.5, 0.6) is 5.75 Å². The summed E-state index contributed by atoms with van der Waals surface area (Å²) in [5.41, 5.74) is 1.18. The Morgan fingerprint density at radius 3 is 2.35 bits per heavy atom. The first-order valence-corrected chi connectivity index (χ1v) is 5.40. The predicted octanol–water partition coefficient (Wildman–Crippen LogP) is 2.77. The van der Waals surface area contributed by atoms with Gasteiger partial charge in [-0.3, -0.25) is 4.79 Å². The summed E-state index contributed by atoms with van der Waals surface area (Å²) in [5.74, 6) is -0.138. The maximum absolute atomic E-state index is 11.2. The second-order valence-electron chi connectivity index (χ2n) is 3.74. The summed E-state index contributed by atoms with van der Waals surface area (Å²) in [4.78, 5) is 13.2. The van der Waals surface area contributed by atoms with Crippen molar-refractivity contribution in [3.05, 3.63) is 49.1 Å². The number of aromatic hydroxyl groups is 1. The van der Waals surface area contributed by atoms with E-state index in [1.807, 2.05) is 11.0 Å². The molecule has 3 heteroatoms. The van der Waals surface area contributed by atoms with Crippen molar-refractivity contribution < 1.29 is 9.90 Å². The summed E-state index contributed by atoms with van der Waals surface area (Å²) in [6.45, 7) is 10.1. The maximum Gasteiger partial charge on any atom is 0.163 e. The van der Waals surface area contributed by atoms with Gasteiger partial charge in [-0.15, -0.1) is 13.2 Å². The van der Waals surface area contributed by atoms with Crippen molar-refractivity contribution in [1.82, 2.24) is 0 Å². The molecule has 17 heavy (non-hydrogen) atoms. The highest BCUT2D eigenvalue weighted by Gasteiger charge is 2.09. The fourth-order valence-electron chi connectivity index (χ4n) is 1.61. The Morgan fingerprint density at radius 1 is 1.35 bits per heavy atom. The Labute approximate surface area is 102 Å². The zero-order valence-electron chi connectivity index (χ0n) is 10.0. The summed E-state index contributed by atoms with van der Waals surface area (Å²) >= 11 is 0. The first kappa shape index (κ1) is 13.0. The van der Waals surface area contributed by atoms with Gasteiger partial charge in [-0.2, -0.15) is 0 Å². The molecule has 0 unspecified atom stereocenters. The molecule has 3 nitrogen and oxygen atoms in total. The number of carbonyl (C=O) groups excluding carboxylic acids is 1. The van der Waals surface area contributed by atoms with Crippen molar-refractivity contribution in [2.75, 3.05) is 18.0 Å². The average Bonchev–Trinajstić information content (AvgIpc) is 2.28.